The number of rotatable bonds is 3. The third kappa shape index (κ3) is 4.37. The minimum absolute atomic E-state index is 0.0586. The zero-order valence-electron chi connectivity index (χ0n) is 11.1. The molecule has 1 atom stereocenters. The van der Waals surface area contributed by atoms with Crippen molar-refractivity contribution in [3.05, 3.63) is 34.9 Å². The molecule has 0 heterocycles. The normalized spacial score (nSPS) is 13.9. The molecule has 118 valence electrons. The Morgan fingerprint density at radius 1 is 1.14 bits per heavy atom. The topological polar surface area (TPSA) is 26.3 Å². The zero-order chi connectivity index (χ0) is 16.4. The van der Waals surface area contributed by atoms with E-state index in [1.165, 1.54) is 6.92 Å². The molecule has 1 aromatic carbocycles. The van der Waals surface area contributed by atoms with Crippen LogP contribution < -0.4 is 0 Å². The van der Waals surface area contributed by atoms with Gasteiger partial charge >= 0.3 is 18.3 Å². The minimum atomic E-state index is -4.94. The summed E-state index contributed by atoms with van der Waals surface area (Å²) in [5.74, 6) is -1.66. The van der Waals surface area contributed by atoms with Gasteiger partial charge in [0.15, 0.2) is 0 Å². The number of halogens is 6. The van der Waals surface area contributed by atoms with Gasteiger partial charge in [0.25, 0.3) is 0 Å². The second kappa shape index (κ2) is 5.95. The second-order valence-corrected chi connectivity index (χ2v) is 4.48. The zero-order valence-corrected chi connectivity index (χ0v) is 11.1. The fourth-order valence-corrected chi connectivity index (χ4v) is 1.85. The molecule has 0 N–H and O–H groups in total. The molecule has 1 rings (SSSR count). The Bertz CT molecular complexity index is 518. The van der Waals surface area contributed by atoms with Gasteiger partial charge in [-0.1, -0.05) is 13.0 Å². The number of alkyl halides is 6. The summed E-state index contributed by atoms with van der Waals surface area (Å²) in [6.07, 6.45) is -10.2. The molecule has 0 aliphatic rings. The Labute approximate surface area is 116 Å². The molecule has 1 unspecified atom stereocenters. The van der Waals surface area contributed by atoms with Gasteiger partial charge in [0.1, 0.15) is 0 Å². The van der Waals surface area contributed by atoms with Gasteiger partial charge in [-0.25, -0.2) is 0 Å². The smallest absolute Gasteiger partial charge is 0.416 e. The van der Waals surface area contributed by atoms with E-state index in [2.05, 4.69) is 4.74 Å². The van der Waals surface area contributed by atoms with Crippen LogP contribution in [0.4, 0.5) is 26.3 Å². The first kappa shape index (κ1) is 17.3. The lowest BCUT2D eigenvalue weighted by Gasteiger charge is -2.19. The van der Waals surface area contributed by atoms with Crippen molar-refractivity contribution in [2.75, 3.05) is 7.11 Å². The summed E-state index contributed by atoms with van der Waals surface area (Å²) < 4.78 is 80.6. The number of carbonyl (C=O) groups is 1. The summed E-state index contributed by atoms with van der Waals surface area (Å²) in [6.45, 7) is 1.31. The number of benzene rings is 1. The molecule has 0 saturated heterocycles. The fraction of sp³-hybridized carbons (Fsp3) is 0.462. The van der Waals surface area contributed by atoms with E-state index >= 15 is 0 Å². The van der Waals surface area contributed by atoms with E-state index in [9.17, 15) is 31.1 Å². The lowest BCUT2D eigenvalue weighted by molar-refractivity contribution is -0.145. The largest absolute Gasteiger partial charge is 0.469 e. The predicted octanol–water partition coefficient (Wildman–Crippen LogP) is 4.39. The molecule has 0 radical (unpaired) electrons. The molecule has 8 heteroatoms. The first-order valence-corrected chi connectivity index (χ1v) is 5.82. The van der Waals surface area contributed by atoms with Crippen LogP contribution in [0.2, 0.25) is 0 Å². The van der Waals surface area contributed by atoms with Crippen molar-refractivity contribution in [2.24, 2.45) is 0 Å². The standard InChI is InChI=1S/C13H12F6O2/c1-7(5-11(20)21-2)9-4-3-8(12(14,15)16)6-10(9)13(17,18)19/h3-4,6-7H,5H2,1-2H3. The van der Waals surface area contributed by atoms with E-state index in [0.717, 1.165) is 13.2 Å². The van der Waals surface area contributed by atoms with E-state index in [1.54, 1.807) is 0 Å². The lowest BCUT2D eigenvalue weighted by atomic mass is 9.91. The van der Waals surface area contributed by atoms with E-state index in [-0.39, 0.29) is 18.1 Å². The van der Waals surface area contributed by atoms with Crippen molar-refractivity contribution >= 4 is 5.97 Å². The summed E-state index contributed by atoms with van der Waals surface area (Å²) >= 11 is 0. The highest BCUT2D eigenvalue weighted by Crippen LogP contribution is 2.40. The van der Waals surface area contributed by atoms with Crippen LogP contribution >= 0.6 is 0 Å². The number of methoxy groups -OCH3 is 1. The fourth-order valence-electron chi connectivity index (χ4n) is 1.85. The Kier molecular flexibility index (Phi) is 4.91. The van der Waals surface area contributed by atoms with Crippen LogP contribution in [-0.2, 0) is 21.9 Å². The summed E-state index contributed by atoms with van der Waals surface area (Å²) in [5, 5.41) is 0. The Hall–Kier alpha value is -1.73. The molecule has 0 saturated carbocycles. The molecular formula is C13H12F6O2. The summed E-state index contributed by atoms with van der Waals surface area (Å²) in [4.78, 5) is 11.1. The van der Waals surface area contributed by atoms with Crippen molar-refractivity contribution in [3.63, 3.8) is 0 Å². The van der Waals surface area contributed by atoms with Crippen LogP contribution in [0.5, 0.6) is 0 Å². The molecule has 21 heavy (non-hydrogen) atoms. The van der Waals surface area contributed by atoms with Crippen molar-refractivity contribution < 1.29 is 35.9 Å². The van der Waals surface area contributed by atoms with Gasteiger partial charge in [0, 0.05) is 0 Å². The van der Waals surface area contributed by atoms with Crippen molar-refractivity contribution in [2.45, 2.75) is 31.6 Å². The number of carbonyl (C=O) groups excluding carboxylic acids is 1. The number of esters is 1. The highest BCUT2D eigenvalue weighted by molar-refractivity contribution is 5.70. The maximum Gasteiger partial charge on any atom is 0.416 e. The van der Waals surface area contributed by atoms with Crippen LogP contribution in [0.25, 0.3) is 0 Å². The van der Waals surface area contributed by atoms with Gasteiger partial charge in [0.2, 0.25) is 0 Å². The van der Waals surface area contributed by atoms with E-state index in [0.29, 0.717) is 6.07 Å². The molecule has 0 aliphatic heterocycles. The number of hydrogen-bond donors (Lipinski definition) is 0. The monoisotopic (exact) mass is 314 g/mol. The molecular weight excluding hydrogens is 302 g/mol. The second-order valence-electron chi connectivity index (χ2n) is 4.48. The van der Waals surface area contributed by atoms with Crippen LogP contribution in [0.1, 0.15) is 36.0 Å². The van der Waals surface area contributed by atoms with Crippen molar-refractivity contribution in [1.29, 1.82) is 0 Å². The van der Waals surface area contributed by atoms with Gasteiger partial charge in [-0.15, -0.1) is 0 Å². The molecule has 0 spiro atoms. The Balaban J connectivity index is 3.29. The summed E-state index contributed by atoms with van der Waals surface area (Å²) in [5.41, 5.74) is -3.15. The van der Waals surface area contributed by atoms with Crippen LogP contribution in [-0.4, -0.2) is 13.1 Å². The van der Waals surface area contributed by atoms with Gasteiger partial charge < -0.3 is 4.74 Å². The minimum Gasteiger partial charge on any atom is -0.469 e. The number of ether oxygens (including phenoxy) is 1. The lowest BCUT2D eigenvalue weighted by Crippen LogP contribution is -2.16. The average Bonchev–Trinajstić information content (AvgIpc) is 2.35. The first-order chi connectivity index (χ1) is 9.46. The van der Waals surface area contributed by atoms with Gasteiger partial charge in [-0.3, -0.25) is 4.79 Å². The molecule has 0 bridgehead atoms. The van der Waals surface area contributed by atoms with Crippen LogP contribution in [0, 0.1) is 0 Å². The van der Waals surface area contributed by atoms with Gasteiger partial charge in [-0.2, -0.15) is 26.3 Å². The molecule has 0 aromatic heterocycles. The van der Waals surface area contributed by atoms with E-state index in [1.807, 2.05) is 0 Å². The van der Waals surface area contributed by atoms with E-state index < -0.39 is 35.4 Å². The maximum absolute atomic E-state index is 12.9. The summed E-state index contributed by atoms with van der Waals surface area (Å²) in [7, 11) is 1.08. The first-order valence-electron chi connectivity index (χ1n) is 5.82. The molecule has 0 amide bonds. The Morgan fingerprint density at radius 2 is 1.71 bits per heavy atom. The summed E-state index contributed by atoms with van der Waals surface area (Å²) in [6, 6.07) is 1.38. The van der Waals surface area contributed by atoms with Crippen molar-refractivity contribution in [3.8, 4) is 0 Å². The van der Waals surface area contributed by atoms with Crippen LogP contribution in [0.3, 0.4) is 0 Å². The van der Waals surface area contributed by atoms with E-state index in [4.69, 9.17) is 0 Å². The van der Waals surface area contributed by atoms with Gasteiger partial charge in [0.05, 0.1) is 24.7 Å². The molecule has 2 nitrogen and oxygen atoms in total. The molecule has 0 aliphatic carbocycles. The molecule has 1 aromatic rings. The molecule has 0 fully saturated rings. The number of hydrogen-bond acceptors (Lipinski definition) is 2. The quantitative estimate of drug-likeness (QED) is 0.611. The third-order valence-electron chi connectivity index (χ3n) is 2.92. The third-order valence-corrected chi connectivity index (χ3v) is 2.92. The van der Waals surface area contributed by atoms with Crippen molar-refractivity contribution in [1.82, 2.24) is 0 Å². The van der Waals surface area contributed by atoms with Crippen LogP contribution in [0.15, 0.2) is 18.2 Å². The maximum atomic E-state index is 12.9. The predicted molar refractivity (Wildman–Crippen MR) is 61.5 cm³/mol. The van der Waals surface area contributed by atoms with Gasteiger partial charge in [-0.05, 0) is 23.6 Å². The Morgan fingerprint density at radius 3 is 2.14 bits per heavy atom. The highest BCUT2D eigenvalue weighted by atomic mass is 19.4. The highest BCUT2D eigenvalue weighted by Gasteiger charge is 2.39. The average molecular weight is 314 g/mol. The SMILES string of the molecule is COC(=O)CC(C)c1ccc(C(F)(F)F)cc1C(F)(F)F.